The summed E-state index contributed by atoms with van der Waals surface area (Å²) in [7, 11) is -4.36. The Morgan fingerprint density at radius 3 is 1.73 bits per heavy atom. The number of nitrogens with one attached hydrogen (secondary N) is 1. The summed E-state index contributed by atoms with van der Waals surface area (Å²) >= 11 is 0. The highest BCUT2D eigenvalue weighted by atomic mass is 31.2. The van der Waals surface area contributed by atoms with Crippen molar-refractivity contribution in [1.29, 1.82) is 0 Å². The van der Waals surface area contributed by atoms with Crippen LogP contribution in [0.3, 0.4) is 0 Å². The summed E-state index contributed by atoms with van der Waals surface area (Å²) in [6.45, 7) is 3.98. The molecule has 0 aromatic carbocycles. The van der Waals surface area contributed by atoms with Gasteiger partial charge in [0.1, 0.15) is 0 Å². The van der Waals surface area contributed by atoms with Crippen LogP contribution in [0.5, 0.6) is 0 Å². The van der Waals surface area contributed by atoms with Gasteiger partial charge in [-0.15, -0.1) is 0 Å². The highest BCUT2D eigenvalue weighted by Gasteiger charge is 2.28. The number of allylic oxidation sites excluding steroid dienone is 2. The lowest BCUT2D eigenvalue weighted by molar-refractivity contribution is -0.125. The monoisotopic (exact) mass is 662 g/mol. The van der Waals surface area contributed by atoms with Gasteiger partial charge in [-0.3, -0.25) is 13.8 Å². The van der Waals surface area contributed by atoms with E-state index in [1.165, 1.54) is 83.5 Å². The van der Waals surface area contributed by atoms with E-state index in [0.717, 1.165) is 51.4 Å². The van der Waals surface area contributed by atoms with E-state index >= 15 is 0 Å². The molecule has 0 aromatic rings. The Balaban J connectivity index is 4.37. The van der Waals surface area contributed by atoms with Gasteiger partial charge in [0.05, 0.1) is 37.9 Å². The number of amides is 1. The van der Waals surface area contributed by atoms with Crippen molar-refractivity contribution in [2.24, 2.45) is 5.73 Å². The molecule has 0 saturated heterocycles. The molecule has 0 radical (unpaired) electrons. The lowest BCUT2D eigenvalue weighted by atomic mass is 10.0. The van der Waals surface area contributed by atoms with Gasteiger partial charge in [-0.2, -0.15) is 0 Å². The second kappa shape index (κ2) is 31.8. The number of aliphatic hydroxyl groups excluding tert-OH is 2. The number of unbranched alkanes of at least 4 members (excludes halogenated alkanes) is 18. The van der Waals surface area contributed by atoms with E-state index in [0.29, 0.717) is 12.8 Å². The Labute approximate surface area is 276 Å². The Morgan fingerprint density at radius 2 is 1.20 bits per heavy atom. The minimum absolute atomic E-state index is 0.0587. The smallest absolute Gasteiger partial charge is 0.393 e. The SMILES string of the molecule is CCCCCCCCC/C=C\CCCCCC(O)CC(=O)NC(COP(=O)(O)OCCN)C(O)CCCCCCCCCCC. The molecule has 0 saturated carbocycles. The van der Waals surface area contributed by atoms with Gasteiger partial charge in [-0.1, -0.05) is 135 Å². The van der Waals surface area contributed by atoms with Crippen LogP contribution in [0.1, 0.15) is 168 Å². The van der Waals surface area contributed by atoms with Gasteiger partial charge in [0.25, 0.3) is 0 Å². The van der Waals surface area contributed by atoms with Crippen LogP contribution in [0, 0.1) is 0 Å². The molecule has 0 aliphatic carbocycles. The van der Waals surface area contributed by atoms with Crippen molar-refractivity contribution in [2.45, 2.75) is 186 Å². The van der Waals surface area contributed by atoms with Crippen LogP contribution in [-0.4, -0.2) is 59.0 Å². The second-order valence-corrected chi connectivity index (χ2v) is 14.1. The molecule has 4 unspecified atom stereocenters. The maximum absolute atomic E-state index is 12.7. The first-order valence-electron chi connectivity index (χ1n) is 18.4. The Hall–Kier alpha value is -0.800. The average Bonchev–Trinajstić information content (AvgIpc) is 3.01. The zero-order valence-corrected chi connectivity index (χ0v) is 29.9. The van der Waals surface area contributed by atoms with Gasteiger partial charge in [0.15, 0.2) is 0 Å². The molecule has 0 aromatic heterocycles. The van der Waals surface area contributed by atoms with E-state index in [4.69, 9.17) is 14.8 Å². The third kappa shape index (κ3) is 30.3. The van der Waals surface area contributed by atoms with Gasteiger partial charge < -0.3 is 26.2 Å². The number of hydrogen-bond acceptors (Lipinski definition) is 7. The zero-order valence-electron chi connectivity index (χ0n) is 29.0. The third-order valence-electron chi connectivity index (χ3n) is 8.17. The first-order valence-corrected chi connectivity index (χ1v) is 19.9. The summed E-state index contributed by atoms with van der Waals surface area (Å²) in [5.74, 6) is -0.425. The summed E-state index contributed by atoms with van der Waals surface area (Å²) < 4.78 is 22.0. The van der Waals surface area contributed by atoms with Crippen LogP contribution in [0.25, 0.3) is 0 Å². The van der Waals surface area contributed by atoms with Gasteiger partial charge in [0, 0.05) is 6.54 Å². The van der Waals surface area contributed by atoms with Crippen molar-refractivity contribution < 1.29 is 33.5 Å². The Bertz CT molecular complexity index is 741. The molecule has 0 aliphatic rings. The molecule has 9 nitrogen and oxygen atoms in total. The molecule has 10 heteroatoms. The Morgan fingerprint density at radius 1 is 0.733 bits per heavy atom. The second-order valence-electron chi connectivity index (χ2n) is 12.6. The van der Waals surface area contributed by atoms with E-state index < -0.39 is 32.0 Å². The predicted octanol–water partition coefficient (Wildman–Crippen LogP) is 8.24. The quantitative estimate of drug-likeness (QED) is 0.0263. The molecule has 0 rings (SSSR count). The minimum atomic E-state index is -4.36. The third-order valence-corrected chi connectivity index (χ3v) is 9.16. The number of rotatable bonds is 34. The molecule has 0 fully saturated rings. The summed E-state index contributed by atoms with van der Waals surface area (Å²) in [4.78, 5) is 22.6. The number of carbonyl (C=O) groups is 1. The number of aliphatic hydroxyl groups is 2. The van der Waals surface area contributed by atoms with E-state index in [9.17, 15) is 24.5 Å². The highest BCUT2D eigenvalue weighted by Crippen LogP contribution is 2.43. The zero-order chi connectivity index (χ0) is 33.4. The van der Waals surface area contributed by atoms with Crippen LogP contribution >= 0.6 is 7.82 Å². The van der Waals surface area contributed by atoms with Gasteiger partial charge in [0.2, 0.25) is 5.91 Å². The van der Waals surface area contributed by atoms with Gasteiger partial charge in [-0.05, 0) is 38.5 Å². The van der Waals surface area contributed by atoms with Gasteiger partial charge in [-0.25, -0.2) is 4.57 Å². The van der Waals surface area contributed by atoms with Crippen molar-refractivity contribution in [3.63, 3.8) is 0 Å². The van der Waals surface area contributed by atoms with E-state index in [1.807, 2.05) is 0 Å². The van der Waals surface area contributed by atoms with E-state index in [2.05, 4.69) is 31.3 Å². The predicted molar refractivity (Wildman–Crippen MR) is 186 cm³/mol. The molecule has 0 heterocycles. The molecule has 4 atom stereocenters. The average molecular weight is 663 g/mol. The standard InChI is InChI=1S/C35H71N2O7P/c1-3-5-7-9-11-13-14-15-16-17-19-20-22-24-26-32(38)30-35(40)37-33(31-44-45(41,42)43-29-28-36)34(39)27-25-23-21-18-12-10-8-6-4-2/h16-17,32-34,38-39H,3-15,18-31,36H2,1-2H3,(H,37,40)(H,41,42)/b17-16-. The summed E-state index contributed by atoms with van der Waals surface area (Å²) in [6, 6.07) is -0.895. The van der Waals surface area contributed by atoms with Crippen molar-refractivity contribution in [1.82, 2.24) is 5.32 Å². The van der Waals surface area contributed by atoms with Crippen molar-refractivity contribution in [3.8, 4) is 0 Å². The first-order chi connectivity index (χ1) is 21.8. The van der Waals surface area contributed by atoms with Crippen molar-refractivity contribution >= 4 is 13.7 Å². The first kappa shape index (κ1) is 44.2. The largest absolute Gasteiger partial charge is 0.472 e. The fraction of sp³-hybridized carbons (Fsp3) is 0.914. The van der Waals surface area contributed by atoms with Gasteiger partial charge >= 0.3 is 7.82 Å². The molecular formula is C35H71N2O7P. The fourth-order valence-electron chi connectivity index (χ4n) is 5.35. The number of carbonyl (C=O) groups excluding carboxylic acids is 1. The summed E-state index contributed by atoms with van der Waals surface area (Å²) in [6.07, 6.45) is 28.3. The number of phosphoric ester groups is 1. The molecular weight excluding hydrogens is 591 g/mol. The number of hydrogen-bond donors (Lipinski definition) is 5. The highest BCUT2D eigenvalue weighted by molar-refractivity contribution is 7.47. The number of nitrogens with two attached hydrogens (primary N) is 1. The lowest BCUT2D eigenvalue weighted by Crippen LogP contribution is -2.47. The molecule has 45 heavy (non-hydrogen) atoms. The van der Waals surface area contributed by atoms with Crippen molar-refractivity contribution in [3.05, 3.63) is 12.2 Å². The molecule has 6 N–H and O–H groups in total. The normalized spacial score (nSPS) is 15.2. The fourth-order valence-corrected chi connectivity index (χ4v) is 6.11. The van der Waals surface area contributed by atoms with Crippen molar-refractivity contribution in [2.75, 3.05) is 19.8 Å². The van der Waals surface area contributed by atoms with Crippen LogP contribution in [0.2, 0.25) is 0 Å². The molecule has 0 spiro atoms. The minimum Gasteiger partial charge on any atom is -0.393 e. The van der Waals surface area contributed by atoms with E-state index in [1.54, 1.807) is 0 Å². The lowest BCUT2D eigenvalue weighted by Gasteiger charge is -2.25. The maximum Gasteiger partial charge on any atom is 0.472 e. The Kier molecular flexibility index (Phi) is 31.2. The number of phosphoric acid groups is 1. The van der Waals surface area contributed by atoms with E-state index in [-0.39, 0.29) is 26.2 Å². The maximum atomic E-state index is 12.7. The molecule has 268 valence electrons. The molecule has 0 aliphatic heterocycles. The van der Waals surface area contributed by atoms with Crippen LogP contribution < -0.4 is 11.1 Å². The van der Waals surface area contributed by atoms with Crippen LogP contribution in [-0.2, 0) is 18.4 Å². The molecule has 1 amide bonds. The molecule has 0 bridgehead atoms. The van der Waals surface area contributed by atoms with Crippen LogP contribution in [0.15, 0.2) is 12.2 Å². The summed E-state index contributed by atoms with van der Waals surface area (Å²) in [5.41, 5.74) is 5.34. The topological polar surface area (TPSA) is 151 Å². The summed E-state index contributed by atoms with van der Waals surface area (Å²) in [5, 5.41) is 24.0. The van der Waals surface area contributed by atoms with Crippen LogP contribution in [0.4, 0.5) is 0 Å².